The first-order chi connectivity index (χ1) is 10.1. The quantitative estimate of drug-likeness (QED) is 0.619. The van der Waals surface area contributed by atoms with E-state index in [1.54, 1.807) is 13.2 Å². The highest BCUT2D eigenvalue weighted by molar-refractivity contribution is 5.50. The van der Waals surface area contributed by atoms with Gasteiger partial charge in [-0.15, -0.1) is 0 Å². The number of aromatic nitrogens is 2. The summed E-state index contributed by atoms with van der Waals surface area (Å²) >= 11 is 0. The van der Waals surface area contributed by atoms with E-state index >= 15 is 0 Å². The SMILES string of the molecule is COCc1nc(NN)cc(Oc2cccc(N(C)C)c2)n1. The van der Waals surface area contributed by atoms with E-state index in [0.717, 1.165) is 5.69 Å². The molecule has 7 nitrogen and oxygen atoms in total. The number of hydrogen-bond acceptors (Lipinski definition) is 7. The molecule has 21 heavy (non-hydrogen) atoms. The van der Waals surface area contributed by atoms with Gasteiger partial charge in [-0.3, -0.25) is 0 Å². The molecule has 0 saturated heterocycles. The van der Waals surface area contributed by atoms with Gasteiger partial charge in [0, 0.05) is 39.0 Å². The van der Waals surface area contributed by atoms with Gasteiger partial charge in [0.15, 0.2) is 5.82 Å². The Morgan fingerprint density at radius 2 is 2.05 bits per heavy atom. The van der Waals surface area contributed by atoms with Crippen molar-refractivity contribution in [3.63, 3.8) is 0 Å². The number of anilines is 2. The number of nitrogens with zero attached hydrogens (tertiary/aromatic N) is 3. The zero-order valence-electron chi connectivity index (χ0n) is 12.3. The van der Waals surface area contributed by atoms with Gasteiger partial charge in [0.1, 0.15) is 18.2 Å². The number of methoxy groups -OCH3 is 1. The first-order valence-corrected chi connectivity index (χ1v) is 6.41. The van der Waals surface area contributed by atoms with Crippen molar-refractivity contribution in [1.82, 2.24) is 9.97 Å². The molecule has 0 unspecified atom stereocenters. The average molecular weight is 289 g/mol. The maximum absolute atomic E-state index is 5.77. The van der Waals surface area contributed by atoms with Crippen LogP contribution in [-0.4, -0.2) is 31.2 Å². The lowest BCUT2D eigenvalue weighted by Crippen LogP contribution is -2.11. The molecule has 0 spiro atoms. The smallest absolute Gasteiger partial charge is 0.224 e. The summed E-state index contributed by atoms with van der Waals surface area (Å²) in [6, 6.07) is 9.33. The van der Waals surface area contributed by atoms with Crippen LogP contribution < -0.4 is 20.9 Å². The summed E-state index contributed by atoms with van der Waals surface area (Å²) < 4.78 is 10.8. The van der Waals surface area contributed by atoms with Crippen LogP contribution >= 0.6 is 0 Å². The third-order valence-electron chi connectivity index (χ3n) is 2.73. The summed E-state index contributed by atoms with van der Waals surface area (Å²) in [5.41, 5.74) is 3.52. The fraction of sp³-hybridized carbons (Fsp3) is 0.286. The Hall–Kier alpha value is -2.38. The second-order valence-corrected chi connectivity index (χ2v) is 4.58. The van der Waals surface area contributed by atoms with Gasteiger partial charge < -0.3 is 19.8 Å². The first kappa shape index (κ1) is 15.0. The van der Waals surface area contributed by atoms with Crippen LogP contribution in [0.5, 0.6) is 11.6 Å². The molecule has 0 amide bonds. The summed E-state index contributed by atoms with van der Waals surface area (Å²) in [5.74, 6) is 7.45. The molecular formula is C14H19N5O2. The molecule has 0 aliphatic rings. The Balaban J connectivity index is 2.25. The molecular weight excluding hydrogens is 270 g/mol. The van der Waals surface area contributed by atoms with E-state index < -0.39 is 0 Å². The van der Waals surface area contributed by atoms with Crippen LogP contribution in [-0.2, 0) is 11.3 Å². The Morgan fingerprint density at radius 1 is 1.24 bits per heavy atom. The van der Waals surface area contributed by atoms with Gasteiger partial charge in [-0.1, -0.05) is 6.07 Å². The molecule has 2 rings (SSSR count). The van der Waals surface area contributed by atoms with Gasteiger partial charge in [0.2, 0.25) is 5.88 Å². The summed E-state index contributed by atoms with van der Waals surface area (Å²) in [5, 5.41) is 0. The van der Waals surface area contributed by atoms with Crippen molar-refractivity contribution >= 4 is 11.5 Å². The van der Waals surface area contributed by atoms with Crippen LogP contribution in [0, 0.1) is 0 Å². The third-order valence-corrected chi connectivity index (χ3v) is 2.73. The van der Waals surface area contributed by atoms with Crippen molar-refractivity contribution < 1.29 is 9.47 Å². The molecule has 1 aromatic carbocycles. The Bertz CT molecular complexity index is 604. The second-order valence-electron chi connectivity index (χ2n) is 4.58. The lowest BCUT2D eigenvalue weighted by atomic mass is 10.3. The number of benzene rings is 1. The van der Waals surface area contributed by atoms with E-state index in [4.69, 9.17) is 15.3 Å². The van der Waals surface area contributed by atoms with Crippen LogP contribution in [0.15, 0.2) is 30.3 Å². The fourth-order valence-electron chi connectivity index (χ4n) is 1.74. The van der Waals surface area contributed by atoms with E-state index in [1.807, 2.05) is 43.3 Å². The Morgan fingerprint density at radius 3 is 2.71 bits per heavy atom. The normalized spacial score (nSPS) is 10.3. The highest BCUT2D eigenvalue weighted by Gasteiger charge is 2.07. The summed E-state index contributed by atoms with van der Waals surface area (Å²) in [6.07, 6.45) is 0. The number of nitrogen functional groups attached to an aromatic ring is 1. The molecule has 0 saturated carbocycles. The molecule has 0 bridgehead atoms. The van der Waals surface area contributed by atoms with E-state index in [2.05, 4.69) is 15.4 Å². The van der Waals surface area contributed by atoms with Gasteiger partial charge in [-0.2, -0.15) is 4.98 Å². The van der Waals surface area contributed by atoms with Gasteiger partial charge in [0.25, 0.3) is 0 Å². The number of nitrogens with one attached hydrogen (secondary N) is 1. The maximum Gasteiger partial charge on any atom is 0.224 e. The minimum absolute atomic E-state index is 0.281. The molecule has 1 aromatic heterocycles. The van der Waals surface area contributed by atoms with Crippen LogP contribution in [0.2, 0.25) is 0 Å². The zero-order chi connectivity index (χ0) is 15.2. The molecule has 1 heterocycles. The summed E-state index contributed by atoms with van der Waals surface area (Å²) in [6.45, 7) is 0.281. The topological polar surface area (TPSA) is 85.5 Å². The van der Waals surface area contributed by atoms with Crippen molar-refractivity contribution in [1.29, 1.82) is 0 Å². The standard InChI is InChI=1S/C14H19N5O2/c1-19(2)10-5-4-6-11(7-10)21-14-8-12(18-15)16-13(17-14)9-20-3/h4-8H,9,15H2,1-3H3,(H,16,17,18). The molecule has 7 heteroatoms. The second kappa shape index (κ2) is 6.87. The van der Waals surface area contributed by atoms with Gasteiger partial charge >= 0.3 is 0 Å². The van der Waals surface area contributed by atoms with Gasteiger partial charge in [0.05, 0.1) is 0 Å². The number of ether oxygens (including phenoxy) is 2. The van der Waals surface area contributed by atoms with E-state index in [-0.39, 0.29) is 6.61 Å². The van der Waals surface area contributed by atoms with Crippen LogP contribution in [0.4, 0.5) is 11.5 Å². The number of hydrogen-bond donors (Lipinski definition) is 2. The van der Waals surface area contributed by atoms with Crippen LogP contribution in [0.1, 0.15) is 5.82 Å². The summed E-state index contributed by atoms with van der Waals surface area (Å²) in [7, 11) is 5.51. The van der Waals surface area contributed by atoms with Crippen molar-refractivity contribution in [2.24, 2.45) is 5.84 Å². The Labute approximate surface area is 123 Å². The molecule has 2 aromatic rings. The van der Waals surface area contributed by atoms with Crippen molar-refractivity contribution in [3.05, 3.63) is 36.2 Å². The van der Waals surface area contributed by atoms with Crippen molar-refractivity contribution in [2.45, 2.75) is 6.61 Å². The molecule has 0 fully saturated rings. The third kappa shape index (κ3) is 4.04. The van der Waals surface area contributed by atoms with Gasteiger partial charge in [-0.05, 0) is 12.1 Å². The molecule has 0 aliphatic heterocycles. The molecule has 0 radical (unpaired) electrons. The largest absolute Gasteiger partial charge is 0.439 e. The molecule has 3 N–H and O–H groups in total. The maximum atomic E-state index is 5.77. The average Bonchev–Trinajstić information content (AvgIpc) is 2.47. The first-order valence-electron chi connectivity index (χ1n) is 6.41. The monoisotopic (exact) mass is 289 g/mol. The highest BCUT2D eigenvalue weighted by atomic mass is 16.5. The molecule has 0 aliphatic carbocycles. The van der Waals surface area contributed by atoms with Crippen LogP contribution in [0.3, 0.4) is 0 Å². The Kier molecular flexibility index (Phi) is 4.91. The fourth-order valence-corrected chi connectivity index (χ4v) is 1.74. The number of rotatable bonds is 6. The van der Waals surface area contributed by atoms with E-state index in [0.29, 0.717) is 23.3 Å². The van der Waals surface area contributed by atoms with Crippen LogP contribution in [0.25, 0.3) is 0 Å². The van der Waals surface area contributed by atoms with E-state index in [1.165, 1.54) is 0 Å². The lowest BCUT2D eigenvalue weighted by Gasteiger charge is -2.14. The number of nitrogens with two attached hydrogens (primary N) is 1. The predicted octanol–water partition coefficient (Wildman–Crippen LogP) is 1.77. The lowest BCUT2D eigenvalue weighted by molar-refractivity contribution is 0.177. The van der Waals surface area contributed by atoms with E-state index in [9.17, 15) is 0 Å². The number of hydrazine groups is 1. The minimum Gasteiger partial charge on any atom is -0.439 e. The zero-order valence-corrected chi connectivity index (χ0v) is 12.3. The highest BCUT2D eigenvalue weighted by Crippen LogP contribution is 2.25. The minimum atomic E-state index is 0.281. The van der Waals surface area contributed by atoms with Gasteiger partial charge in [-0.25, -0.2) is 10.8 Å². The predicted molar refractivity (Wildman–Crippen MR) is 81.4 cm³/mol. The molecule has 112 valence electrons. The van der Waals surface area contributed by atoms with Crippen molar-refractivity contribution in [2.75, 3.05) is 31.5 Å². The van der Waals surface area contributed by atoms with Crippen molar-refractivity contribution in [3.8, 4) is 11.6 Å². The summed E-state index contributed by atoms with van der Waals surface area (Å²) in [4.78, 5) is 10.4. The molecule has 0 atom stereocenters.